The molecule has 2 heterocycles. The van der Waals surface area contributed by atoms with Crippen molar-refractivity contribution in [1.29, 1.82) is 0 Å². The molecular weight excluding hydrogens is 420 g/mol. The van der Waals surface area contributed by atoms with Crippen LogP contribution in [0.4, 0.5) is 0 Å². The topological polar surface area (TPSA) is 61.9 Å². The van der Waals surface area contributed by atoms with Crippen molar-refractivity contribution in [1.82, 2.24) is 19.0 Å². The first kappa shape index (κ1) is 21.9. The summed E-state index contributed by atoms with van der Waals surface area (Å²) in [6.45, 7) is 6.34. The van der Waals surface area contributed by atoms with Gasteiger partial charge in [-0.15, -0.1) is 5.10 Å². The minimum atomic E-state index is -0.327. The van der Waals surface area contributed by atoms with E-state index in [1.54, 1.807) is 24.1 Å². The smallest absolute Gasteiger partial charge is 0.337 e. The van der Waals surface area contributed by atoms with Gasteiger partial charge in [-0.25, -0.2) is 4.79 Å². The molecule has 4 aromatic rings. The number of esters is 1. The third-order valence-corrected chi connectivity index (χ3v) is 6.46. The largest absolute Gasteiger partial charge is 0.465 e. The van der Waals surface area contributed by atoms with E-state index in [1.165, 1.54) is 18.5 Å². The van der Waals surface area contributed by atoms with E-state index in [0.29, 0.717) is 5.56 Å². The normalized spacial score (nSPS) is 11.0. The van der Waals surface area contributed by atoms with Crippen LogP contribution in [0.3, 0.4) is 0 Å². The van der Waals surface area contributed by atoms with Crippen LogP contribution in [-0.2, 0) is 16.9 Å². The van der Waals surface area contributed by atoms with E-state index >= 15 is 0 Å². The van der Waals surface area contributed by atoms with Crippen LogP contribution in [0.5, 0.6) is 0 Å². The van der Waals surface area contributed by atoms with E-state index in [1.807, 2.05) is 16.2 Å². The van der Waals surface area contributed by atoms with Crippen molar-refractivity contribution in [2.75, 3.05) is 7.11 Å². The molecular formula is C25H26N4O2S. The lowest BCUT2D eigenvalue weighted by atomic mass is 10.1. The van der Waals surface area contributed by atoms with Crippen LogP contribution < -0.4 is 0 Å². The molecule has 0 N–H and O–H groups in total. The first-order valence-electron chi connectivity index (χ1n) is 10.5. The maximum Gasteiger partial charge on any atom is 0.337 e. The van der Waals surface area contributed by atoms with Crippen LogP contribution in [-0.4, -0.2) is 32.0 Å². The number of hydrogen-bond acceptors (Lipinski definition) is 5. The molecule has 2 aromatic carbocycles. The molecule has 7 heteroatoms. The first-order chi connectivity index (χ1) is 15.5. The average Bonchev–Trinajstić information content (AvgIpc) is 3.39. The van der Waals surface area contributed by atoms with E-state index in [9.17, 15) is 4.79 Å². The number of methoxy groups -OCH3 is 1. The quantitative estimate of drug-likeness (QED) is 0.356. The second-order valence-electron chi connectivity index (χ2n) is 7.57. The summed E-state index contributed by atoms with van der Waals surface area (Å²) in [5.41, 5.74) is 8.27. The van der Waals surface area contributed by atoms with Crippen LogP contribution in [0.15, 0.2) is 60.7 Å². The van der Waals surface area contributed by atoms with Crippen molar-refractivity contribution in [3.8, 4) is 16.9 Å². The lowest BCUT2D eigenvalue weighted by molar-refractivity contribution is 0.0600. The summed E-state index contributed by atoms with van der Waals surface area (Å²) in [4.78, 5) is 11.6. The number of aryl methyl sites for hydroxylation is 2. The number of ether oxygens (including phenoxy) is 1. The Kier molecular flexibility index (Phi) is 6.46. The molecule has 0 aliphatic rings. The molecule has 0 spiro atoms. The molecule has 0 amide bonds. The first-order valence-corrected chi connectivity index (χ1v) is 11.5. The Labute approximate surface area is 192 Å². The molecule has 2 aromatic heterocycles. The van der Waals surface area contributed by atoms with Gasteiger partial charge >= 0.3 is 5.97 Å². The standard InChI is InChI=1S/C25H26N4O2S/c1-5-23-24(20-12-14-22(15-13-20)28-17(2)6-7-18(28)3)26-27-29(23)32-16-19-8-10-21(11-9-19)25(30)31-4/h6-15H,5,16H2,1-4H3. The molecule has 164 valence electrons. The maximum absolute atomic E-state index is 11.6. The van der Waals surface area contributed by atoms with Crippen molar-refractivity contribution >= 4 is 17.9 Å². The van der Waals surface area contributed by atoms with Crippen molar-refractivity contribution < 1.29 is 9.53 Å². The number of benzene rings is 2. The second-order valence-corrected chi connectivity index (χ2v) is 8.46. The summed E-state index contributed by atoms with van der Waals surface area (Å²) >= 11 is 1.59. The summed E-state index contributed by atoms with van der Waals surface area (Å²) < 4.78 is 8.89. The number of nitrogens with zero attached hydrogens (tertiary/aromatic N) is 4. The SMILES string of the molecule is CCc1c(-c2ccc(-n3c(C)ccc3C)cc2)nnn1SCc1ccc(C(=O)OC)cc1. The van der Waals surface area contributed by atoms with Crippen LogP contribution in [0.2, 0.25) is 0 Å². The highest BCUT2D eigenvalue weighted by Gasteiger charge is 2.15. The van der Waals surface area contributed by atoms with Crippen LogP contribution >= 0.6 is 11.9 Å². The summed E-state index contributed by atoms with van der Waals surface area (Å²) in [6.07, 6.45) is 0.828. The second kappa shape index (κ2) is 9.44. The molecule has 0 atom stereocenters. The maximum atomic E-state index is 11.6. The fourth-order valence-electron chi connectivity index (χ4n) is 3.75. The Morgan fingerprint density at radius 1 is 0.969 bits per heavy atom. The van der Waals surface area contributed by atoms with Gasteiger partial charge in [0, 0.05) is 28.4 Å². The van der Waals surface area contributed by atoms with Gasteiger partial charge in [-0.2, -0.15) is 4.09 Å². The van der Waals surface area contributed by atoms with E-state index in [2.05, 4.69) is 72.0 Å². The van der Waals surface area contributed by atoms with Crippen LogP contribution in [0.25, 0.3) is 16.9 Å². The van der Waals surface area contributed by atoms with E-state index in [0.717, 1.165) is 40.4 Å². The molecule has 6 nitrogen and oxygen atoms in total. The molecule has 0 unspecified atom stereocenters. The minimum Gasteiger partial charge on any atom is -0.465 e. The molecule has 4 rings (SSSR count). The number of hydrogen-bond donors (Lipinski definition) is 0. The molecule has 0 saturated heterocycles. The Morgan fingerprint density at radius 2 is 1.62 bits per heavy atom. The lowest BCUT2D eigenvalue weighted by Crippen LogP contribution is -2.01. The van der Waals surface area contributed by atoms with Crippen LogP contribution in [0.1, 0.15) is 39.9 Å². The average molecular weight is 447 g/mol. The number of aromatic nitrogens is 4. The number of carbonyl (C=O) groups is 1. The Balaban J connectivity index is 1.51. The summed E-state index contributed by atoms with van der Waals surface area (Å²) in [6, 6.07) is 20.2. The van der Waals surface area contributed by atoms with Gasteiger partial charge in [0.05, 0.1) is 18.4 Å². The molecule has 0 fully saturated rings. The number of carbonyl (C=O) groups excluding carboxylic acids is 1. The van der Waals surface area contributed by atoms with E-state index < -0.39 is 0 Å². The third kappa shape index (κ3) is 4.34. The summed E-state index contributed by atoms with van der Waals surface area (Å²) in [7, 11) is 1.39. The van der Waals surface area contributed by atoms with E-state index in [-0.39, 0.29) is 5.97 Å². The highest BCUT2D eigenvalue weighted by molar-refractivity contribution is 7.96. The molecule has 0 bridgehead atoms. The van der Waals surface area contributed by atoms with Crippen molar-refractivity contribution in [2.24, 2.45) is 0 Å². The predicted molar refractivity (Wildman–Crippen MR) is 128 cm³/mol. The summed E-state index contributed by atoms with van der Waals surface area (Å²) in [5.74, 6) is 0.397. The zero-order valence-corrected chi connectivity index (χ0v) is 19.5. The molecule has 0 aliphatic heterocycles. The van der Waals surface area contributed by atoms with Gasteiger partial charge in [0.15, 0.2) is 0 Å². The molecule has 0 radical (unpaired) electrons. The van der Waals surface area contributed by atoms with Gasteiger partial charge in [-0.05, 0) is 74.2 Å². The summed E-state index contributed by atoms with van der Waals surface area (Å²) in [5, 5.41) is 8.86. The van der Waals surface area contributed by atoms with Gasteiger partial charge in [0.2, 0.25) is 0 Å². The zero-order chi connectivity index (χ0) is 22.7. The predicted octanol–water partition coefficient (Wildman–Crippen LogP) is 5.40. The zero-order valence-electron chi connectivity index (χ0n) is 18.7. The fourth-order valence-corrected chi connectivity index (χ4v) is 4.68. The van der Waals surface area contributed by atoms with Crippen molar-refractivity contribution in [3.05, 3.63) is 88.9 Å². The molecule has 0 aliphatic carbocycles. The third-order valence-electron chi connectivity index (χ3n) is 5.46. The Hall–Kier alpha value is -3.32. The van der Waals surface area contributed by atoms with Crippen molar-refractivity contribution in [3.63, 3.8) is 0 Å². The van der Waals surface area contributed by atoms with Gasteiger partial charge in [-0.3, -0.25) is 0 Å². The van der Waals surface area contributed by atoms with Crippen molar-refractivity contribution in [2.45, 2.75) is 32.9 Å². The Bertz CT molecular complexity index is 1200. The minimum absolute atomic E-state index is 0.327. The van der Waals surface area contributed by atoms with E-state index in [4.69, 9.17) is 4.74 Å². The Morgan fingerprint density at radius 3 is 2.22 bits per heavy atom. The molecule has 0 saturated carbocycles. The lowest BCUT2D eigenvalue weighted by Gasteiger charge is -2.10. The monoisotopic (exact) mass is 446 g/mol. The number of rotatable bonds is 7. The molecule has 32 heavy (non-hydrogen) atoms. The van der Waals surface area contributed by atoms with Crippen LogP contribution in [0, 0.1) is 13.8 Å². The van der Waals surface area contributed by atoms with Gasteiger partial charge < -0.3 is 9.30 Å². The highest BCUT2D eigenvalue weighted by atomic mass is 32.2. The fraction of sp³-hybridized carbons (Fsp3) is 0.240. The highest BCUT2D eigenvalue weighted by Crippen LogP contribution is 2.27. The van der Waals surface area contributed by atoms with Gasteiger partial charge in [-0.1, -0.05) is 36.4 Å². The van der Waals surface area contributed by atoms with Gasteiger partial charge in [0.25, 0.3) is 0 Å². The van der Waals surface area contributed by atoms with Gasteiger partial charge in [0.1, 0.15) is 5.69 Å².